The molecule has 0 unspecified atom stereocenters. The molecule has 0 saturated carbocycles. The summed E-state index contributed by atoms with van der Waals surface area (Å²) in [7, 11) is 0. The number of hydrogen-bond acceptors (Lipinski definition) is 4. The first-order valence-corrected chi connectivity index (χ1v) is 6.71. The summed E-state index contributed by atoms with van der Waals surface area (Å²) in [5, 5.41) is 2.75. The lowest BCUT2D eigenvalue weighted by Gasteiger charge is -2.16. The van der Waals surface area contributed by atoms with Crippen LogP contribution < -0.4 is 5.32 Å². The molecule has 0 atom stereocenters. The molecule has 1 amide bonds. The summed E-state index contributed by atoms with van der Waals surface area (Å²) in [6.07, 6.45) is 0. The van der Waals surface area contributed by atoms with Crippen LogP contribution in [0.3, 0.4) is 0 Å². The van der Waals surface area contributed by atoms with Gasteiger partial charge >= 0.3 is 0 Å². The second kappa shape index (κ2) is 9.04. The van der Waals surface area contributed by atoms with Crippen molar-refractivity contribution in [1.29, 1.82) is 0 Å². The van der Waals surface area contributed by atoms with Gasteiger partial charge in [-0.05, 0) is 0 Å². The third-order valence-corrected chi connectivity index (χ3v) is 2.51. The van der Waals surface area contributed by atoms with Crippen LogP contribution in [0.2, 0.25) is 0 Å². The molecular weight excluding hydrogens is 246 g/mol. The van der Waals surface area contributed by atoms with Crippen LogP contribution in [-0.4, -0.2) is 44.7 Å². The maximum Gasteiger partial charge on any atom is 0.222 e. The molecule has 0 saturated heterocycles. The topological polar surface area (TPSA) is 64.6 Å². The monoisotopic (exact) mass is 273 g/mol. The Morgan fingerprint density at radius 1 is 1.05 bits per heavy atom. The van der Waals surface area contributed by atoms with E-state index in [0.29, 0.717) is 26.4 Å². The second-order valence-corrected chi connectivity index (χ2v) is 5.78. The first kappa shape index (κ1) is 18.1. The number of hydrogen-bond donors (Lipinski definition) is 1. The SMILES string of the molecule is CC(C)C(=O)NCCOCCOCC(=O)C(C)(C)C. The maximum absolute atomic E-state index is 11.5. The second-order valence-electron chi connectivity index (χ2n) is 5.78. The molecule has 5 heteroatoms. The molecule has 0 fully saturated rings. The van der Waals surface area contributed by atoms with E-state index in [1.807, 2.05) is 34.6 Å². The van der Waals surface area contributed by atoms with Gasteiger partial charge in [-0.3, -0.25) is 9.59 Å². The standard InChI is InChI=1S/C14H27NO4/c1-11(2)13(17)15-6-7-18-8-9-19-10-12(16)14(3,4)5/h11H,6-10H2,1-5H3,(H,15,17). The molecule has 0 radical (unpaired) electrons. The van der Waals surface area contributed by atoms with Crippen LogP contribution in [0.1, 0.15) is 34.6 Å². The zero-order valence-corrected chi connectivity index (χ0v) is 12.7. The van der Waals surface area contributed by atoms with E-state index >= 15 is 0 Å². The molecule has 0 bridgehead atoms. The molecule has 0 aromatic carbocycles. The van der Waals surface area contributed by atoms with E-state index in [9.17, 15) is 9.59 Å². The molecule has 0 rings (SSSR count). The molecule has 112 valence electrons. The highest BCUT2D eigenvalue weighted by Crippen LogP contribution is 2.14. The van der Waals surface area contributed by atoms with Crippen LogP contribution in [0.25, 0.3) is 0 Å². The van der Waals surface area contributed by atoms with Crippen LogP contribution in [0, 0.1) is 11.3 Å². The number of ketones is 1. The van der Waals surface area contributed by atoms with Gasteiger partial charge in [0.25, 0.3) is 0 Å². The van der Waals surface area contributed by atoms with Crippen molar-refractivity contribution in [3.05, 3.63) is 0 Å². The van der Waals surface area contributed by atoms with Crippen LogP contribution in [0.15, 0.2) is 0 Å². The molecular formula is C14H27NO4. The minimum atomic E-state index is -0.359. The van der Waals surface area contributed by atoms with Gasteiger partial charge in [0.1, 0.15) is 6.61 Å². The summed E-state index contributed by atoms with van der Waals surface area (Å²) < 4.78 is 10.5. The van der Waals surface area contributed by atoms with Crippen LogP contribution in [0.5, 0.6) is 0 Å². The minimum absolute atomic E-state index is 0.00764. The average molecular weight is 273 g/mol. The van der Waals surface area contributed by atoms with E-state index in [2.05, 4.69) is 5.32 Å². The van der Waals surface area contributed by atoms with Gasteiger partial charge in [0, 0.05) is 17.9 Å². The predicted molar refractivity (Wildman–Crippen MR) is 73.9 cm³/mol. The zero-order chi connectivity index (χ0) is 14.9. The summed E-state index contributed by atoms with van der Waals surface area (Å²) in [4.78, 5) is 22.7. The average Bonchev–Trinajstić information content (AvgIpc) is 2.30. The van der Waals surface area contributed by atoms with Crippen molar-refractivity contribution in [2.75, 3.05) is 33.0 Å². The smallest absolute Gasteiger partial charge is 0.222 e. The molecule has 0 aliphatic carbocycles. The molecule has 19 heavy (non-hydrogen) atoms. The van der Waals surface area contributed by atoms with Crippen LogP contribution in [0.4, 0.5) is 0 Å². The summed E-state index contributed by atoms with van der Waals surface area (Å²) in [6.45, 7) is 11.2. The largest absolute Gasteiger partial charge is 0.377 e. The Morgan fingerprint density at radius 3 is 2.16 bits per heavy atom. The lowest BCUT2D eigenvalue weighted by Crippen LogP contribution is -2.31. The van der Waals surface area contributed by atoms with E-state index in [4.69, 9.17) is 9.47 Å². The van der Waals surface area contributed by atoms with Gasteiger partial charge in [-0.2, -0.15) is 0 Å². The quantitative estimate of drug-likeness (QED) is 0.645. The van der Waals surface area contributed by atoms with Gasteiger partial charge in [-0.25, -0.2) is 0 Å². The van der Waals surface area contributed by atoms with E-state index < -0.39 is 0 Å². The van der Waals surface area contributed by atoms with Gasteiger partial charge < -0.3 is 14.8 Å². The number of rotatable bonds is 9. The fourth-order valence-corrected chi connectivity index (χ4v) is 1.05. The summed E-state index contributed by atoms with van der Waals surface area (Å²) in [5.74, 6) is 0.0964. The lowest BCUT2D eigenvalue weighted by atomic mass is 9.91. The van der Waals surface area contributed by atoms with Crippen molar-refractivity contribution >= 4 is 11.7 Å². The Morgan fingerprint density at radius 2 is 1.63 bits per heavy atom. The third kappa shape index (κ3) is 9.62. The summed E-state index contributed by atoms with van der Waals surface area (Å²) >= 11 is 0. The molecule has 0 aromatic heterocycles. The summed E-state index contributed by atoms with van der Waals surface area (Å²) in [5.41, 5.74) is -0.359. The molecule has 0 heterocycles. The molecule has 0 spiro atoms. The molecule has 1 N–H and O–H groups in total. The van der Waals surface area contributed by atoms with Crippen molar-refractivity contribution in [3.8, 4) is 0 Å². The number of nitrogens with one attached hydrogen (secondary N) is 1. The van der Waals surface area contributed by atoms with Crippen molar-refractivity contribution in [2.24, 2.45) is 11.3 Å². The maximum atomic E-state index is 11.5. The van der Waals surface area contributed by atoms with Crippen molar-refractivity contribution < 1.29 is 19.1 Å². The number of carbonyl (C=O) groups excluding carboxylic acids is 2. The Kier molecular flexibility index (Phi) is 8.59. The van der Waals surface area contributed by atoms with E-state index in [-0.39, 0.29) is 29.6 Å². The van der Waals surface area contributed by atoms with Crippen molar-refractivity contribution in [3.63, 3.8) is 0 Å². The van der Waals surface area contributed by atoms with Crippen molar-refractivity contribution in [1.82, 2.24) is 5.32 Å². The lowest BCUT2D eigenvalue weighted by molar-refractivity contribution is -0.131. The third-order valence-electron chi connectivity index (χ3n) is 2.51. The highest BCUT2D eigenvalue weighted by Gasteiger charge is 2.20. The van der Waals surface area contributed by atoms with E-state index in [0.717, 1.165) is 0 Å². The van der Waals surface area contributed by atoms with Gasteiger partial charge in [0.15, 0.2) is 5.78 Å². The summed E-state index contributed by atoms with van der Waals surface area (Å²) in [6, 6.07) is 0. The van der Waals surface area contributed by atoms with E-state index in [1.54, 1.807) is 0 Å². The number of carbonyl (C=O) groups is 2. The highest BCUT2D eigenvalue weighted by atomic mass is 16.5. The van der Waals surface area contributed by atoms with Gasteiger partial charge in [0.2, 0.25) is 5.91 Å². The predicted octanol–water partition coefficient (Wildman–Crippen LogP) is 1.41. The van der Waals surface area contributed by atoms with Gasteiger partial charge in [0.05, 0.1) is 19.8 Å². The number of Topliss-reactive ketones (excluding diaryl/α,β-unsaturated/α-hetero) is 1. The molecule has 5 nitrogen and oxygen atoms in total. The zero-order valence-electron chi connectivity index (χ0n) is 12.7. The molecule has 0 aliphatic rings. The van der Waals surface area contributed by atoms with Gasteiger partial charge in [-0.1, -0.05) is 34.6 Å². The van der Waals surface area contributed by atoms with Gasteiger partial charge in [-0.15, -0.1) is 0 Å². The highest BCUT2D eigenvalue weighted by molar-refractivity contribution is 5.84. The first-order chi connectivity index (χ1) is 8.75. The first-order valence-electron chi connectivity index (χ1n) is 6.71. The normalized spacial score (nSPS) is 11.7. The Balaban J connectivity index is 3.38. The van der Waals surface area contributed by atoms with E-state index in [1.165, 1.54) is 0 Å². The Hall–Kier alpha value is -0.940. The number of ether oxygens (including phenoxy) is 2. The molecule has 0 aliphatic heterocycles. The fraction of sp³-hybridized carbons (Fsp3) is 0.857. The minimum Gasteiger partial charge on any atom is -0.377 e. The van der Waals surface area contributed by atoms with Crippen LogP contribution in [-0.2, 0) is 19.1 Å². The Bertz CT molecular complexity index is 282. The number of amides is 1. The van der Waals surface area contributed by atoms with Crippen LogP contribution >= 0.6 is 0 Å². The molecule has 0 aromatic rings. The fourth-order valence-electron chi connectivity index (χ4n) is 1.05. The Labute approximate surface area is 116 Å². The van der Waals surface area contributed by atoms with Crippen molar-refractivity contribution in [2.45, 2.75) is 34.6 Å².